The van der Waals surface area contributed by atoms with E-state index in [1.54, 1.807) is 38.2 Å². The van der Waals surface area contributed by atoms with Crippen molar-refractivity contribution in [3.63, 3.8) is 0 Å². The maximum atomic E-state index is 13.4. The number of carbonyl (C=O) groups excluding carboxylic acids is 5. The van der Waals surface area contributed by atoms with Crippen LogP contribution in [0.15, 0.2) is 48.8 Å². The van der Waals surface area contributed by atoms with Crippen LogP contribution in [0.1, 0.15) is 70.1 Å². The van der Waals surface area contributed by atoms with Crippen molar-refractivity contribution in [2.75, 3.05) is 23.3 Å². The molecule has 250 valence electrons. The molecule has 0 radical (unpaired) electrons. The quantitative estimate of drug-likeness (QED) is 0.298. The average Bonchev–Trinajstić information content (AvgIpc) is 3.57. The van der Waals surface area contributed by atoms with Gasteiger partial charge in [-0.1, -0.05) is 25.7 Å². The zero-order valence-electron chi connectivity index (χ0n) is 26.2. The second kappa shape index (κ2) is 12.6. The molecule has 3 aliphatic rings. The predicted molar refractivity (Wildman–Crippen MR) is 167 cm³/mol. The molecule has 4 heterocycles. The van der Waals surface area contributed by atoms with Gasteiger partial charge in [-0.05, 0) is 48.7 Å². The number of hydrogen-bond donors (Lipinski definition) is 2. The van der Waals surface area contributed by atoms with Crippen LogP contribution in [0.2, 0.25) is 0 Å². The van der Waals surface area contributed by atoms with E-state index >= 15 is 0 Å². The Morgan fingerprint density at radius 3 is 2.47 bits per heavy atom. The minimum absolute atomic E-state index is 0.0303. The molecule has 0 saturated carbocycles. The molecule has 0 bridgehead atoms. The van der Waals surface area contributed by atoms with Crippen LogP contribution in [0, 0.1) is 35.0 Å². The number of alkyl halides is 3. The summed E-state index contributed by atoms with van der Waals surface area (Å²) < 4.78 is 41.6. The molecule has 2 saturated heterocycles. The molecule has 3 aromatic rings. The summed E-state index contributed by atoms with van der Waals surface area (Å²) in [5.41, 5.74) is -0.156. The first-order chi connectivity index (χ1) is 23.2. The molecule has 15 heteroatoms. The number of hydrogen-bond acceptors (Lipinski definition) is 8. The van der Waals surface area contributed by atoms with Gasteiger partial charge in [0, 0.05) is 37.1 Å². The Balaban J connectivity index is 1.09. The van der Waals surface area contributed by atoms with Crippen LogP contribution in [-0.4, -0.2) is 63.3 Å². The largest absolute Gasteiger partial charge is 0.417 e. The number of piperidine rings is 1. The van der Waals surface area contributed by atoms with E-state index in [4.69, 9.17) is 5.26 Å². The number of fused-ring (bicyclic) bond motifs is 1. The lowest BCUT2D eigenvalue weighted by molar-refractivity contribution is -0.138. The predicted octanol–water partition coefficient (Wildman–Crippen LogP) is 3.50. The SMILES string of the molecule is CC(C)C(C(=O)Nc1ccc(C#N)c(C(F)(F)F)c1)n1cc(C#CC2CN(c3ccc4c(c3)C(=O)N(C3CCC(=O)NC3=O)C4=O)C2)cn1. The summed E-state index contributed by atoms with van der Waals surface area (Å²) in [6, 6.07) is 7.49. The van der Waals surface area contributed by atoms with Crippen LogP contribution < -0.4 is 15.5 Å². The summed E-state index contributed by atoms with van der Waals surface area (Å²) in [6.45, 7) is 4.63. The van der Waals surface area contributed by atoms with E-state index in [1.165, 1.54) is 23.0 Å². The molecular formula is C34H28F3N7O5. The maximum absolute atomic E-state index is 13.4. The first kappa shape index (κ1) is 33.0. The van der Waals surface area contributed by atoms with Crippen molar-refractivity contribution < 1.29 is 37.1 Å². The summed E-state index contributed by atoms with van der Waals surface area (Å²) in [5.74, 6) is 3.04. The van der Waals surface area contributed by atoms with Gasteiger partial charge in [-0.25, -0.2) is 0 Å². The third-order valence-electron chi connectivity index (χ3n) is 8.59. The lowest BCUT2D eigenvalue weighted by atomic mass is 9.98. The normalized spacial score (nSPS) is 18.3. The Bertz CT molecular complexity index is 2010. The van der Waals surface area contributed by atoms with Crippen LogP contribution in [0.4, 0.5) is 24.5 Å². The fourth-order valence-corrected chi connectivity index (χ4v) is 6.08. The van der Waals surface area contributed by atoms with Crippen LogP contribution in [-0.2, 0) is 20.6 Å². The van der Waals surface area contributed by atoms with Gasteiger partial charge in [0.15, 0.2) is 0 Å². The molecule has 5 amide bonds. The Labute approximate surface area is 277 Å². The number of carbonyl (C=O) groups is 5. The highest BCUT2D eigenvalue weighted by molar-refractivity contribution is 6.23. The minimum Gasteiger partial charge on any atom is -0.369 e. The first-order valence-corrected chi connectivity index (χ1v) is 15.3. The summed E-state index contributed by atoms with van der Waals surface area (Å²) in [6.07, 6.45) is -1.57. The second-order valence-corrected chi connectivity index (χ2v) is 12.3. The topological polar surface area (TPSA) is 158 Å². The number of rotatable bonds is 6. The third kappa shape index (κ3) is 6.35. The molecule has 12 nitrogen and oxygen atoms in total. The van der Waals surface area contributed by atoms with E-state index < -0.39 is 58.9 Å². The highest BCUT2D eigenvalue weighted by Gasteiger charge is 2.45. The molecule has 1 aromatic heterocycles. The molecule has 2 unspecified atom stereocenters. The summed E-state index contributed by atoms with van der Waals surface area (Å²) >= 11 is 0. The van der Waals surface area contributed by atoms with Gasteiger partial charge in [0.2, 0.25) is 17.7 Å². The zero-order valence-corrected chi connectivity index (χ0v) is 26.2. The number of anilines is 2. The van der Waals surface area contributed by atoms with Crippen molar-refractivity contribution in [3.05, 3.63) is 76.6 Å². The fourth-order valence-electron chi connectivity index (χ4n) is 6.08. The number of nitrogens with one attached hydrogen (secondary N) is 2. The number of benzene rings is 2. The lowest BCUT2D eigenvalue weighted by Crippen LogP contribution is -2.54. The number of aromatic nitrogens is 2. The number of imide groups is 2. The Morgan fingerprint density at radius 2 is 1.80 bits per heavy atom. The van der Waals surface area contributed by atoms with Gasteiger partial charge < -0.3 is 10.2 Å². The van der Waals surface area contributed by atoms with Gasteiger partial charge >= 0.3 is 6.18 Å². The highest BCUT2D eigenvalue weighted by atomic mass is 19.4. The van der Waals surface area contributed by atoms with Gasteiger partial charge in [-0.15, -0.1) is 0 Å². The van der Waals surface area contributed by atoms with E-state index in [0.717, 1.165) is 17.0 Å². The van der Waals surface area contributed by atoms with Gasteiger partial charge in [-0.2, -0.15) is 23.5 Å². The van der Waals surface area contributed by atoms with Crippen molar-refractivity contribution in [3.8, 4) is 17.9 Å². The summed E-state index contributed by atoms with van der Waals surface area (Å²) in [7, 11) is 0. The summed E-state index contributed by atoms with van der Waals surface area (Å²) in [4.78, 5) is 66.0. The van der Waals surface area contributed by atoms with Gasteiger partial charge in [-0.3, -0.25) is 38.9 Å². The molecule has 2 atom stereocenters. The van der Waals surface area contributed by atoms with E-state index in [9.17, 15) is 37.1 Å². The van der Waals surface area contributed by atoms with Crippen molar-refractivity contribution in [2.24, 2.45) is 11.8 Å². The van der Waals surface area contributed by atoms with E-state index in [2.05, 4.69) is 27.6 Å². The van der Waals surface area contributed by atoms with Crippen LogP contribution in [0.5, 0.6) is 0 Å². The Hall–Kier alpha value is -5.96. The molecule has 2 N–H and O–H groups in total. The van der Waals surface area contributed by atoms with Crippen LogP contribution >= 0.6 is 0 Å². The smallest absolute Gasteiger partial charge is 0.369 e. The van der Waals surface area contributed by atoms with E-state index in [-0.39, 0.29) is 41.5 Å². The molecule has 6 rings (SSSR count). The zero-order chi connectivity index (χ0) is 35.2. The van der Waals surface area contributed by atoms with Gasteiger partial charge in [0.1, 0.15) is 12.1 Å². The number of amides is 5. The lowest BCUT2D eigenvalue weighted by Gasteiger charge is -2.38. The van der Waals surface area contributed by atoms with Crippen molar-refractivity contribution in [2.45, 2.75) is 44.9 Å². The molecule has 0 aliphatic carbocycles. The third-order valence-corrected chi connectivity index (χ3v) is 8.59. The molecular weight excluding hydrogens is 643 g/mol. The molecule has 2 aromatic carbocycles. The van der Waals surface area contributed by atoms with Crippen LogP contribution in [0.25, 0.3) is 0 Å². The van der Waals surface area contributed by atoms with Crippen molar-refractivity contribution in [1.29, 1.82) is 5.26 Å². The molecule has 2 fully saturated rings. The van der Waals surface area contributed by atoms with Crippen LogP contribution in [0.3, 0.4) is 0 Å². The van der Waals surface area contributed by atoms with Gasteiger partial charge in [0.05, 0.1) is 46.0 Å². The minimum atomic E-state index is -4.77. The number of nitrogens with zero attached hydrogens (tertiary/aromatic N) is 5. The summed E-state index contributed by atoms with van der Waals surface area (Å²) in [5, 5.41) is 18.0. The van der Waals surface area contributed by atoms with E-state index in [0.29, 0.717) is 24.3 Å². The average molecular weight is 672 g/mol. The second-order valence-electron chi connectivity index (χ2n) is 12.3. The molecule has 3 aliphatic heterocycles. The monoisotopic (exact) mass is 671 g/mol. The van der Waals surface area contributed by atoms with Crippen molar-refractivity contribution >= 4 is 40.9 Å². The number of nitriles is 1. The molecule has 0 spiro atoms. The molecule has 49 heavy (non-hydrogen) atoms. The standard InChI is InChI=1S/C34H28F3N7O5/c1-18(2)29(31(47)40-22-6-5-21(13-38)26(11-22)34(35,36)37)43-17-19(14-39-43)3-4-20-15-42(16-20)23-7-8-24-25(12-23)33(49)44(32(24)48)27-9-10-28(45)41-30(27)46/h5-8,11-12,14,17-18,20,27,29H,9-10,15-16H2,1-2H3,(H,40,47)(H,41,45,46). The van der Waals surface area contributed by atoms with E-state index in [1.807, 2.05) is 4.90 Å². The highest BCUT2D eigenvalue weighted by Crippen LogP contribution is 2.35. The van der Waals surface area contributed by atoms with Gasteiger partial charge in [0.25, 0.3) is 11.8 Å². The first-order valence-electron chi connectivity index (χ1n) is 15.3. The fraction of sp³-hybridized carbons (Fsp3) is 0.324. The maximum Gasteiger partial charge on any atom is 0.417 e. The van der Waals surface area contributed by atoms with Crippen molar-refractivity contribution in [1.82, 2.24) is 20.0 Å². The Morgan fingerprint density at radius 1 is 1.06 bits per heavy atom. The number of halogens is 3. The Kier molecular flexibility index (Phi) is 8.46.